The van der Waals surface area contributed by atoms with Crippen molar-refractivity contribution in [3.63, 3.8) is 0 Å². The molecule has 3 aromatic rings. The van der Waals surface area contributed by atoms with E-state index in [1.165, 1.54) is 5.56 Å². The Hall–Kier alpha value is -1.73. The summed E-state index contributed by atoms with van der Waals surface area (Å²) in [5.41, 5.74) is 4.45. The van der Waals surface area contributed by atoms with Crippen LogP contribution < -0.4 is 0 Å². The summed E-state index contributed by atoms with van der Waals surface area (Å²) in [6.45, 7) is 4.07. The molecule has 0 aliphatic carbocycles. The molecule has 1 aromatic carbocycles. The van der Waals surface area contributed by atoms with Crippen LogP contribution in [0.25, 0.3) is 5.69 Å². The van der Waals surface area contributed by atoms with E-state index < -0.39 is 0 Å². The molecule has 0 N–H and O–H groups in total. The molecule has 2 heterocycles. The van der Waals surface area contributed by atoms with Gasteiger partial charge in [-0.3, -0.25) is 0 Å². The minimum atomic E-state index is 0.622. The zero-order valence-corrected chi connectivity index (χ0v) is 14.9. The van der Waals surface area contributed by atoms with Gasteiger partial charge in [-0.2, -0.15) is 16.9 Å². The molecule has 0 radical (unpaired) electrons. The molecule has 0 bridgehead atoms. The third-order valence-electron chi connectivity index (χ3n) is 3.27. The van der Waals surface area contributed by atoms with E-state index in [0.29, 0.717) is 11.1 Å². The Balaban J connectivity index is 1.64. The molecule has 5 nitrogen and oxygen atoms in total. The number of thioether (sulfide) groups is 2. The van der Waals surface area contributed by atoms with Crippen molar-refractivity contribution in [1.29, 1.82) is 0 Å². The van der Waals surface area contributed by atoms with Crippen LogP contribution >= 0.6 is 23.5 Å². The summed E-state index contributed by atoms with van der Waals surface area (Å²) >= 11 is 3.23. The van der Waals surface area contributed by atoms with Gasteiger partial charge in [-0.15, -0.1) is 10.2 Å². The summed E-state index contributed by atoms with van der Waals surface area (Å²) in [6, 6.07) is 10.5. The zero-order chi connectivity index (χ0) is 16.2. The lowest BCUT2D eigenvalue weighted by molar-refractivity contribution is 0.426. The van der Waals surface area contributed by atoms with Crippen LogP contribution in [0.5, 0.6) is 0 Å². The Kier molecular flexibility index (Phi) is 5.07. The van der Waals surface area contributed by atoms with Gasteiger partial charge in [0, 0.05) is 11.4 Å². The average Bonchev–Trinajstić information content (AvgIpc) is 3.12. The zero-order valence-electron chi connectivity index (χ0n) is 13.3. The second kappa shape index (κ2) is 7.23. The summed E-state index contributed by atoms with van der Waals surface area (Å²) in [6.07, 6.45) is 2.02. The van der Waals surface area contributed by atoms with Gasteiger partial charge in [0.1, 0.15) is 0 Å². The number of hydrogen-bond acceptors (Lipinski definition) is 6. The maximum absolute atomic E-state index is 5.56. The monoisotopic (exact) mass is 346 g/mol. The van der Waals surface area contributed by atoms with Gasteiger partial charge in [-0.1, -0.05) is 23.9 Å². The van der Waals surface area contributed by atoms with E-state index in [-0.39, 0.29) is 0 Å². The highest BCUT2D eigenvalue weighted by Gasteiger charge is 2.07. The highest BCUT2D eigenvalue weighted by Crippen LogP contribution is 2.23. The van der Waals surface area contributed by atoms with Crippen molar-refractivity contribution >= 4 is 23.5 Å². The lowest BCUT2D eigenvalue weighted by atomic mass is 10.2. The Bertz CT molecular complexity index is 780. The van der Waals surface area contributed by atoms with E-state index in [4.69, 9.17) is 4.42 Å². The number of hydrogen-bond donors (Lipinski definition) is 0. The van der Waals surface area contributed by atoms with E-state index in [1.807, 2.05) is 17.9 Å². The summed E-state index contributed by atoms with van der Waals surface area (Å²) in [4.78, 5) is 0. The van der Waals surface area contributed by atoms with Crippen molar-refractivity contribution in [2.45, 2.75) is 30.6 Å². The molecular weight excluding hydrogens is 328 g/mol. The van der Waals surface area contributed by atoms with Crippen molar-refractivity contribution in [2.24, 2.45) is 0 Å². The first kappa shape index (κ1) is 16.1. The van der Waals surface area contributed by atoms with Gasteiger partial charge in [-0.05, 0) is 43.9 Å². The molecule has 0 unspecified atom stereocenters. The van der Waals surface area contributed by atoms with Crippen molar-refractivity contribution in [3.05, 3.63) is 53.2 Å². The van der Waals surface area contributed by atoms with Crippen molar-refractivity contribution in [1.82, 2.24) is 20.0 Å². The fourth-order valence-electron chi connectivity index (χ4n) is 2.25. The maximum Gasteiger partial charge on any atom is 0.276 e. The second-order valence-corrected chi connectivity index (χ2v) is 6.98. The summed E-state index contributed by atoms with van der Waals surface area (Å²) in [7, 11) is 0. The molecule has 0 aliphatic heterocycles. The predicted octanol–water partition coefficient (Wildman–Crippen LogP) is 4.03. The van der Waals surface area contributed by atoms with Crippen molar-refractivity contribution in [3.8, 4) is 5.69 Å². The first-order valence-corrected chi connectivity index (χ1v) is 9.60. The molecule has 0 spiro atoms. The maximum atomic E-state index is 5.56. The van der Waals surface area contributed by atoms with Crippen LogP contribution in [0, 0.1) is 13.8 Å². The first-order valence-electron chi connectivity index (χ1n) is 7.22. The fraction of sp³-hybridized carbons (Fsp3) is 0.312. The largest absolute Gasteiger partial charge is 0.415 e. The van der Waals surface area contributed by atoms with Gasteiger partial charge in [0.05, 0.1) is 17.1 Å². The van der Waals surface area contributed by atoms with E-state index in [2.05, 4.69) is 52.6 Å². The van der Waals surface area contributed by atoms with Gasteiger partial charge < -0.3 is 4.42 Å². The Labute approximate surface area is 143 Å². The molecule has 7 heteroatoms. The molecule has 0 amide bonds. The van der Waals surface area contributed by atoms with Crippen molar-refractivity contribution < 1.29 is 4.42 Å². The molecule has 0 aliphatic rings. The molecule has 2 aromatic heterocycles. The van der Waals surface area contributed by atoms with E-state index >= 15 is 0 Å². The standard InChI is InChI=1S/C16H18N4OS2/c1-11-8-12(2)20(19-11)14-6-4-13(5-7-14)9-23-16-18-17-15(21-16)10-22-3/h4-8H,9-10H2,1-3H3. The molecule has 0 saturated heterocycles. The van der Waals surface area contributed by atoms with Gasteiger partial charge in [0.2, 0.25) is 5.89 Å². The van der Waals surface area contributed by atoms with Crippen molar-refractivity contribution in [2.75, 3.05) is 6.26 Å². The highest BCUT2D eigenvalue weighted by atomic mass is 32.2. The number of nitrogens with zero attached hydrogens (tertiary/aromatic N) is 4. The van der Waals surface area contributed by atoms with Crippen LogP contribution in [0.4, 0.5) is 0 Å². The Morgan fingerprint density at radius 1 is 1.09 bits per heavy atom. The first-order chi connectivity index (χ1) is 11.2. The number of benzene rings is 1. The van der Waals surface area contributed by atoms with E-state index in [1.54, 1.807) is 23.5 Å². The number of aromatic nitrogens is 4. The third kappa shape index (κ3) is 3.97. The normalized spacial score (nSPS) is 11.1. The van der Waals surface area contributed by atoms with Crippen LogP contribution in [-0.2, 0) is 11.5 Å². The minimum absolute atomic E-state index is 0.622. The summed E-state index contributed by atoms with van der Waals surface area (Å²) in [5.74, 6) is 2.24. The summed E-state index contributed by atoms with van der Waals surface area (Å²) in [5, 5.41) is 13.2. The topological polar surface area (TPSA) is 56.7 Å². The van der Waals surface area contributed by atoms with Gasteiger partial charge in [0.15, 0.2) is 0 Å². The quantitative estimate of drug-likeness (QED) is 0.628. The lowest BCUT2D eigenvalue weighted by Crippen LogP contribution is -1.98. The molecular formula is C16H18N4OS2. The number of rotatable bonds is 6. The Morgan fingerprint density at radius 3 is 2.52 bits per heavy atom. The van der Waals surface area contributed by atoms with E-state index in [9.17, 15) is 0 Å². The fourth-order valence-corrected chi connectivity index (χ4v) is 3.35. The smallest absolute Gasteiger partial charge is 0.276 e. The lowest BCUT2D eigenvalue weighted by Gasteiger charge is -2.05. The molecule has 0 fully saturated rings. The van der Waals surface area contributed by atoms with Gasteiger partial charge in [-0.25, -0.2) is 4.68 Å². The third-order valence-corrected chi connectivity index (χ3v) is 4.69. The highest BCUT2D eigenvalue weighted by molar-refractivity contribution is 7.98. The predicted molar refractivity (Wildman–Crippen MR) is 94.1 cm³/mol. The molecule has 23 heavy (non-hydrogen) atoms. The molecule has 0 saturated carbocycles. The average molecular weight is 346 g/mol. The van der Waals surface area contributed by atoms with Crippen LogP contribution in [-0.4, -0.2) is 26.2 Å². The van der Waals surface area contributed by atoms with Gasteiger partial charge in [0.25, 0.3) is 5.22 Å². The minimum Gasteiger partial charge on any atom is -0.415 e. The SMILES string of the molecule is CSCc1nnc(SCc2ccc(-n3nc(C)cc3C)cc2)o1. The number of aryl methyl sites for hydroxylation is 2. The van der Waals surface area contributed by atoms with Crippen LogP contribution in [0.2, 0.25) is 0 Å². The van der Waals surface area contributed by atoms with Crippen LogP contribution in [0.1, 0.15) is 22.8 Å². The summed E-state index contributed by atoms with van der Waals surface area (Å²) < 4.78 is 7.52. The molecule has 0 atom stereocenters. The van der Waals surface area contributed by atoms with Crippen LogP contribution in [0.3, 0.4) is 0 Å². The molecule has 120 valence electrons. The second-order valence-electron chi connectivity index (χ2n) is 5.19. The van der Waals surface area contributed by atoms with Gasteiger partial charge >= 0.3 is 0 Å². The molecule has 3 rings (SSSR count). The van der Waals surface area contributed by atoms with Crippen LogP contribution in [0.15, 0.2) is 40.0 Å². The van der Waals surface area contributed by atoms with E-state index in [0.717, 1.165) is 28.6 Å². The Morgan fingerprint density at radius 2 is 1.87 bits per heavy atom.